The summed E-state index contributed by atoms with van der Waals surface area (Å²) in [5.41, 5.74) is 2.34. The number of methoxy groups -OCH3 is 1. The van der Waals surface area contributed by atoms with Crippen LogP contribution in [0.4, 0.5) is 0 Å². The summed E-state index contributed by atoms with van der Waals surface area (Å²) in [4.78, 5) is 6.42. The van der Waals surface area contributed by atoms with Crippen LogP contribution in [0, 0.1) is 0 Å². The second-order valence-corrected chi connectivity index (χ2v) is 5.84. The van der Waals surface area contributed by atoms with Crippen molar-refractivity contribution in [3.8, 4) is 5.75 Å². The Bertz CT molecular complexity index is 688. The normalized spacial score (nSPS) is 11.0. The molecular formula is C19H29IN4O2. The third-order valence-electron chi connectivity index (χ3n) is 3.96. The molecular weight excluding hydrogens is 443 g/mol. The van der Waals surface area contributed by atoms with Gasteiger partial charge in [0, 0.05) is 39.6 Å². The maximum Gasteiger partial charge on any atom is 0.193 e. The number of benzene rings is 1. The van der Waals surface area contributed by atoms with Gasteiger partial charge in [0.05, 0.1) is 26.9 Å². The number of aromatic nitrogens is 1. The van der Waals surface area contributed by atoms with Crippen molar-refractivity contribution < 1.29 is 9.47 Å². The molecule has 1 aromatic heterocycles. The molecule has 2 rings (SSSR count). The van der Waals surface area contributed by atoms with Gasteiger partial charge in [-0.2, -0.15) is 0 Å². The van der Waals surface area contributed by atoms with Gasteiger partial charge >= 0.3 is 0 Å². The Morgan fingerprint density at radius 3 is 2.73 bits per heavy atom. The number of ether oxygens (including phenoxy) is 2. The lowest BCUT2D eigenvalue weighted by atomic mass is 10.2. The Balaban J connectivity index is 0.00000338. The quantitative estimate of drug-likeness (QED) is 0.278. The summed E-state index contributed by atoms with van der Waals surface area (Å²) in [6, 6.07) is 12.1. The topological polar surface area (TPSA) is 51.0 Å². The molecule has 0 amide bonds. The molecule has 0 atom stereocenters. The molecule has 0 saturated carbocycles. The van der Waals surface area contributed by atoms with Crippen LogP contribution in [-0.4, -0.2) is 49.8 Å². The summed E-state index contributed by atoms with van der Waals surface area (Å²) in [5.74, 6) is 1.70. The molecule has 0 unspecified atom stereocenters. The van der Waals surface area contributed by atoms with Gasteiger partial charge in [0.25, 0.3) is 0 Å². The molecule has 2 aromatic rings. The van der Waals surface area contributed by atoms with Gasteiger partial charge in [0.15, 0.2) is 5.96 Å². The molecule has 1 N–H and O–H groups in total. The fourth-order valence-corrected chi connectivity index (χ4v) is 2.55. The van der Waals surface area contributed by atoms with Crippen molar-refractivity contribution in [2.75, 3.05) is 34.4 Å². The van der Waals surface area contributed by atoms with Crippen LogP contribution in [0.1, 0.15) is 11.3 Å². The Morgan fingerprint density at radius 2 is 2.08 bits per heavy atom. The molecule has 0 spiro atoms. The van der Waals surface area contributed by atoms with Gasteiger partial charge in [-0.15, -0.1) is 24.0 Å². The van der Waals surface area contributed by atoms with Gasteiger partial charge in [0.1, 0.15) is 5.75 Å². The van der Waals surface area contributed by atoms with E-state index in [1.54, 1.807) is 14.2 Å². The van der Waals surface area contributed by atoms with E-state index in [9.17, 15) is 0 Å². The molecule has 26 heavy (non-hydrogen) atoms. The summed E-state index contributed by atoms with van der Waals surface area (Å²) in [6.45, 7) is 2.67. The Morgan fingerprint density at radius 1 is 1.27 bits per heavy atom. The highest BCUT2D eigenvalue weighted by molar-refractivity contribution is 14.0. The minimum absolute atomic E-state index is 0. The van der Waals surface area contributed by atoms with Crippen molar-refractivity contribution in [1.82, 2.24) is 14.8 Å². The first-order chi connectivity index (χ1) is 12.1. The minimum Gasteiger partial charge on any atom is -0.497 e. The number of aliphatic imine (C=N–C) groups is 1. The maximum atomic E-state index is 5.72. The van der Waals surface area contributed by atoms with E-state index in [0.29, 0.717) is 19.8 Å². The standard InChI is InChI=1S/C19H28N4O2.HI/c1-20-19(23(3)14-17-8-6-11-22(17)2)21-10-12-25-15-16-7-5-9-18(13-16)24-4;/h5-9,11,13H,10,12,14-15H2,1-4H3,(H,20,21);1H. The fraction of sp³-hybridized carbons (Fsp3) is 0.421. The molecule has 144 valence electrons. The molecule has 0 fully saturated rings. The van der Waals surface area contributed by atoms with E-state index in [-0.39, 0.29) is 24.0 Å². The van der Waals surface area contributed by atoms with Crippen molar-refractivity contribution >= 4 is 29.9 Å². The fourth-order valence-electron chi connectivity index (χ4n) is 2.55. The molecule has 0 aliphatic carbocycles. The second-order valence-electron chi connectivity index (χ2n) is 5.84. The van der Waals surface area contributed by atoms with Crippen molar-refractivity contribution in [2.24, 2.45) is 12.0 Å². The van der Waals surface area contributed by atoms with E-state index in [4.69, 9.17) is 9.47 Å². The van der Waals surface area contributed by atoms with Gasteiger partial charge in [-0.1, -0.05) is 12.1 Å². The number of hydrogen-bond donors (Lipinski definition) is 1. The zero-order valence-electron chi connectivity index (χ0n) is 15.9. The van der Waals surface area contributed by atoms with E-state index in [1.165, 1.54) is 5.69 Å². The van der Waals surface area contributed by atoms with E-state index in [0.717, 1.165) is 23.8 Å². The average Bonchev–Trinajstić information content (AvgIpc) is 3.03. The summed E-state index contributed by atoms with van der Waals surface area (Å²) >= 11 is 0. The summed E-state index contributed by atoms with van der Waals surface area (Å²) < 4.78 is 13.1. The van der Waals surface area contributed by atoms with Crippen LogP contribution in [0.3, 0.4) is 0 Å². The highest BCUT2D eigenvalue weighted by atomic mass is 127. The molecule has 6 nitrogen and oxygen atoms in total. The molecule has 0 aliphatic rings. The zero-order chi connectivity index (χ0) is 18.1. The number of nitrogens with one attached hydrogen (secondary N) is 1. The Labute approximate surface area is 173 Å². The number of hydrogen-bond acceptors (Lipinski definition) is 3. The van der Waals surface area contributed by atoms with Crippen molar-refractivity contribution in [2.45, 2.75) is 13.2 Å². The first kappa shape index (κ1) is 22.3. The van der Waals surface area contributed by atoms with E-state index in [2.05, 4.69) is 25.8 Å². The van der Waals surface area contributed by atoms with Crippen LogP contribution < -0.4 is 10.1 Å². The number of rotatable bonds is 8. The highest BCUT2D eigenvalue weighted by Gasteiger charge is 2.07. The van der Waals surface area contributed by atoms with Crippen LogP contribution in [0.25, 0.3) is 0 Å². The van der Waals surface area contributed by atoms with Crippen LogP contribution in [-0.2, 0) is 24.9 Å². The minimum atomic E-state index is 0. The molecule has 7 heteroatoms. The average molecular weight is 472 g/mol. The third-order valence-corrected chi connectivity index (χ3v) is 3.96. The molecule has 0 bridgehead atoms. The molecule has 0 saturated heterocycles. The summed E-state index contributed by atoms with van der Waals surface area (Å²) in [6.07, 6.45) is 2.05. The van der Waals surface area contributed by atoms with Crippen LogP contribution in [0.2, 0.25) is 0 Å². The van der Waals surface area contributed by atoms with Crippen LogP contribution >= 0.6 is 24.0 Å². The summed E-state index contributed by atoms with van der Waals surface area (Å²) in [5, 5.41) is 3.33. The number of halogens is 1. The molecule has 0 aliphatic heterocycles. The lowest BCUT2D eigenvalue weighted by Crippen LogP contribution is -2.40. The zero-order valence-corrected chi connectivity index (χ0v) is 18.3. The van der Waals surface area contributed by atoms with Crippen molar-refractivity contribution in [3.05, 3.63) is 53.9 Å². The van der Waals surface area contributed by atoms with Gasteiger partial charge in [-0.3, -0.25) is 4.99 Å². The van der Waals surface area contributed by atoms with Crippen molar-refractivity contribution in [3.63, 3.8) is 0 Å². The smallest absolute Gasteiger partial charge is 0.193 e. The van der Waals surface area contributed by atoms with Crippen LogP contribution in [0.5, 0.6) is 5.75 Å². The maximum absolute atomic E-state index is 5.72. The van der Waals surface area contributed by atoms with Gasteiger partial charge < -0.3 is 24.3 Å². The number of aryl methyl sites for hydroxylation is 1. The van der Waals surface area contributed by atoms with Gasteiger partial charge in [-0.05, 0) is 29.8 Å². The SMILES string of the molecule is CN=C(NCCOCc1cccc(OC)c1)N(C)Cc1cccn1C.I. The van der Waals surface area contributed by atoms with Gasteiger partial charge in [-0.25, -0.2) is 0 Å². The van der Waals surface area contributed by atoms with Crippen LogP contribution in [0.15, 0.2) is 47.6 Å². The molecule has 1 aromatic carbocycles. The largest absolute Gasteiger partial charge is 0.497 e. The monoisotopic (exact) mass is 472 g/mol. The Kier molecular flexibility index (Phi) is 10.1. The van der Waals surface area contributed by atoms with Crippen molar-refractivity contribution in [1.29, 1.82) is 0 Å². The third kappa shape index (κ3) is 6.87. The predicted molar refractivity (Wildman–Crippen MR) is 116 cm³/mol. The first-order valence-corrected chi connectivity index (χ1v) is 8.36. The number of guanidine groups is 1. The molecule has 0 radical (unpaired) electrons. The first-order valence-electron chi connectivity index (χ1n) is 8.36. The lowest BCUT2D eigenvalue weighted by Gasteiger charge is -2.22. The Hall–Kier alpha value is -1.74. The van der Waals surface area contributed by atoms with Gasteiger partial charge in [0.2, 0.25) is 0 Å². The predicted octanol–water partition coefficient (Wildman–Crippen LogP) is 2.88. The lowest BCUT2D eigenvalue weighted by molar-refractivity contribution is 0.125. The number of nitrogens with zero attached hydrogens (tertiary/aromatic N) is 3. The van der Waals surface area contributed by atoms with E-state index >= 15 is 0 Å². The van der Waals surface area contributed by atoms with E-state index in [1.807, 2.05) is 50.6 Å². The summed E-state index contributed by atoms with van der Waals surface area (Å²) in [7, 11) is 7.54. The highest BCUT2D eigenvalue weighted by Crippen LogP contribution is 2.13. The second kappa shape index (κ2) is 11.8. The van der Waals surface area contributed by atoms with E-state index < -0.39 is 0 Å². The molecule has 1 heterocycles.